The molecule has 0 aliphatic rings. The van der Waals surface area contributed by atoms with Gasteiger partial charge in [-0.05, 0) is 50.6 Å². The van der Waals surface area contributed by atoms with Crippen molar-refractivity contribution < 1.29 is 13.2 Å². The Bertz CT molecular complexity index is 813. The van der Waals surface area contributed by atoms with Crippen molar-refractivity contribution in [2.24, 2.45) is 0 Å². The molecule has 0 aliphatic heterocycles. The molecule has 2 aromatic carbocycles. The van der Waals surface area contributed by atoms with Gasteiger partial charge >= 0.3 is 0 Å². The first-order valence-electron chi connectivity index (χ1n) is 8.31. The van der Waals surface area contributed by atoms with Crippen LogP contribution in [0.1, 0.15) is 35.3 Å². The quantitative estimate of drug-likeness (QED) is 0.825. The fraction of sp³-hybridized carbons (Fsp3) is 0.316. The first kappa shape index (κ1) is 19.0. The number of rotatable bonds is 7. The Balaban J connectivity index is 2.05. The van der Waals surface area contributed by atoms with Crippen LogP contribution in [0.25, 0.3) is 0 Å². The summed E-state index contributed by atoms with van der Waals surface area (Å²) >= 11 is 0. The van der Waals surface area contributed by atoms with Crippen molar-refractivity contribution in [1.29, 1.82) is 0 Å². The molecule has 0 radical (unpaired) electrons. The van der Waals surface area contributed by atoms with E-state index in [0.29, 0.717) is 24.3 Å². The van der Waals surface area contributed by atoms with E-state index in [-0.39, 0.29) is 11.7 Å². The number of sulfonamides is 1. The summed E-state index contributed by atoms with van der Waals surface area (Å²) in [6.45, 7) is 6.23. The Morgan fingerprint density at radius 1 is 1.00 bits per heavy atom. The van der Waals surface area contributed by atoms with Crippen LogP contribution in [0.2, 0.25) is 0 Å². The average molecular weight is 360 g/mol. The van der Waals surface area contributed by atoms with E-state index in [0.717, 1.165) is 5.56 Å². The van der Waals surface area contributed by atoms with Crippen molar-refractivity contribution in [2.75, 3.05) is 16.6 Å². The van der Waals surface area contributed by atoms with E-state index >= 15 is 0 Å². The molecule has 25 heavy (non-hydrogen) atoms. The molecule has 0 aromatic heterocycles. The van der Waals surface area contributed by atoms with E-state index in [2.05, 4.69) is 5.32 Å². The minimum Gasteiger partial charge on any atom is -0.348 e. The van der Waals surface area contributed by atoms with Gasteiger partial charge < -0.3 is 5.32 Å². The summed E-state index contributed by atoms with van der Waals surface area (Å²) < 4.78 is 25.5. The highest BCUT2D eigenvalue weighted by Crippen LogP contribution is 2.19. The number of aryl methyl sites for hydroxylation is 1. The van der Waals surface area contributed by atoms with E-state index in [4.69, 9.17) is 0 Å². The standard InChI is InChI=1S/C19H24N2O3S/c1-4-21(25(23,24)5-2)18-12-10-17(11-13-18)19(22)20-14-16-8-6-15(3)7-9-16/h6-13H,4-5,14H2,1-3H3,(H,20,22). The Labute approximate surface area is 149 Å². The Morgan fingerprint density at radius 2 is 1.60 bits per heavy atom. The van der Waals surface area contributed by atoms with Crippen LogP contribution in [0.5, 0.6) is 0 Å². The van der Waals surface area contributed by atoms with Crippen molar-refractivity contribution in [3.63, 3.8) is 0 Å². The first-order valence-corrected chi connectivity index (χ1v) is 9.92. The summed E-state index contributed by atoms with van der Waals surface area (Å²) in [6, 6.07) is 14.6. The zero-order valence-electron chi connectivity index (χ0n) is 14.8. The second-order valence-corrected chi connectivity index (χ2v) is 7.96. The number of anilines is 1. The van der Waals surface area contributed by atoms with Crippen LogP contribution >= 0.6 is 0 Å². The summed E-state index contributed by atoms with van der Waals surface area (Å²) in [5, 5.41) is 2.87. The molecule has 0 unspecified atom stereocenters. The van der Waals surface area contributed by atoms with Gasteiger partial charge in [0.1, 0.15) is 0 Å². The Kier molecular flexibility index (Phi) is 6.20. The number of carbonyl (C=O) groups excluding carboxylic acids is 1. The molecule has 0 fully saturated rings. The van der Waals surface area contributed by atoms with Gasteiger partial charge in [-0.25, -0.2) is 8.42 Å². The van der Waals surface area contributed by atoms with Crippen molar-refractivity contribution >= 4 is 21.6 Å². The minimum atomic E-state index is -3.31. The number of amides is 1. The minimum absolute atomic E-state index is 0.0413. The number of benzene rings is 2. The predicted molar refractivity (Wildman–Crippen MR) is 101 cm³/mol. The number of hydrogen-bond acceptors (Lipinski definition) is 3. The van der Waals surface area contributed by atoms with Crippen LogP contribution < -0.4 is 9.62 Å². The van der Waals surface area contributed by atoms with Gasteiger partial charge in [-0.15, -0.1) is 0 Å². The van der Waals surface area contributed by atoms with Crippen molar-refractivity contribution in [3.8, 4) is 0 Å². The summed E-state index contributed by atoms with van der Waals surface area (Å²) in [7, 11) is -3.31. The topological polar surface area (TPSA) is 66.5 Å². The largest absolute Gasteiger partial charge is 0.348 e. The van der Waals surface area contributed by atoms with E-state index < -0.39 is 10.0 Å². The highest BCUT2D eigenvalue weighted by Gasteiger charge is 2.18. The first-order chi connectivity index (χ1) is 11.9. The zero-order valence-corrected chi connectivity index (χ0v) is 15.6. The number of nitrogens with one attached hydrogen (secondary N) is 1. The number of nitrogens with zero attached hydrogens (tertiary/aromatic N) is 1. The molecule has 1 amide bonds. The second kappa shape index (κ2) is 8.16. The van der Waals surface area contributed by atoms with E-state index in [1.54, 1.807) is 38.1 Å². The lowest BCUT2D eigenvalue weighted by atomic mass is 10.1. The third-order valence-electron chi connectivity index (χ3n) is 3.98. The van der Waals surface area contributed by atoms with Crippen LogP contribution in [0.15, 0.2) is 48.5 Å². The Hall–Kier alpha value is -2.34. The van der Waals surface area contributed by atoms with Crippen molar-refractivity contribution in [3.05, 3.63) is 65.2 Å². The van der Waals surface area contributed by atoms with Gasteiger partial charge in [0.15, 0.2) is 0 Å². The molecular weight excluding hydrogens is 336 g/mol. The van der Waals surface area contributed by atoms with Crippen LogP contribution in [0, 0.1) is 6.92 Å². The molecule has 0 bridgehead atoms. The summed E-state index contributed by atoms with van der Waals surface area (Å²) in [6.07, 6.45) is 0. The average Bonchev–Trinajstić information content (AvgIpc) is 2.62. The molecule has 0 aliphatic carbocycles. The molecule has 0 saturated heterocycles. The van der Waals surface area contributed by atoms with E-state index in [1.807, 2.05) is 31.2 Å². The van der Waals surface area contributed by atoms with Crippen LogP contribution in [-0.2, 0) is 16.6 Å². The lowest BCUT2D eigenvalue weighted by molar-refractivity contribution is 0.0951. The lowest BCUT2D eigenvalue weighted by Crippen LogP contribution is -2.32. The van der Waals surface area contributed by atoms with Gasteiger partial charge in [-0.3, -0.25) is 9.10 Å². The maximum Gasteiger partial charge on any atom is 0.251 e. The fourth-order valence-electron chi connectivity index (χ4n) is 2.47. The van der Waals surface area contributed by atoms with E-state index in [9.17, 15) is 13.2 Å². The molecule has 134 valence electrons. The van der Waals surface area contributed by atoms with Crippen molar-refractivity contribution in [2.45, 2.75) is 27.3 Å². The number of hydrogen-bond donors (Lipinski definition) is 1. The predicted octanol–water partition coefficient (Wildman–Crippen LogP) is 3.10. The monoisotopic (exact) mass is 360 g/mol. The van der Waals surface area contributed by atoms with Crippen LogP contribution in [0.4, 0.5) is 5.69 Å². The van der Waals surface area contributed by atoms with Gasteiger partial charge in [-0.1, -0.05) is 29.8 Å². The molecular formula is C19H24N2O3S. The second-order valence-electron chi connectivity index (χ2n) is 5.78. The molecule has 6 heteroatoms. The van der Waals surface area contributed by atoms with Gasteiger partial charge in [0, 0.05) is 18.7 Å². The SMILES string of the molecule is CCN(c1ccc(C(=O)NCc2ccc(C)cc2)cc1)S(=O)(=O)CC. The molecule has 5 nitrogen and oxygen atoms in total. The third kappa shape index (κ3) is 4.82. The van der Waals surface area contributed by atoms with E-state index in [1.165, 1.54) is 9.87 Å². The Morgan fingerprint density at radius 3 is 2.12 bits per heavy atom. The molecule has 0 saturated carbocycles. The van der Waals surface area contributed by atoms with Crippen LogP contribution in [0.3, 0.4) is 0 Å². The summed E-state index contributed by atoms with van der Waals surface area (Å²) in [5.74, 6) is -0.145. The molecule has 1 N–H and O–H groups in total. The molecule has 0 heterocycles. The summed E-state index contributed by atoms with van der Waals surface area (Å²) in [5.41, 5.74) is 3.27. The van der Waals surface area contributed by atoms with Crippen LogP contribution in [-0.4, -0.2) is 26.6 Å². The van der Waals surface area contributed by atoms with Gasteiger partial charge in [0.05, 0.1) is 11.4 Å². The lowest BCUT2D eigenvalue weighted by Gasteiger charge is -2.22. The normalized spacial score (nSPS) is 11.2. The molecule has 2 aromatic rings. The summed E-state index contributed by atoms with van der Waals surface area (Å²) in [4.78, 5) is 12.2. The highest BCUT2D eigenvalue weighted by molar-refractivity contribution is 7.92. The van der Waals surface area contributed by atoms with Crippen molar-refractivity contribution in [1.82, 2.24) is 5.32 Å². The highest BCUT2D eigenvalue weighted by atomic mass is 32.2. The van der Waals surface area contributed by atoms with Gasteiger partial charge in [0.2, 0.25) is 10.0 Å². The maximum absolute atomic E-state index is 12.2. The molecule has 0 atom stereocenters. The maximum atomic E-state index is 12.2. The third-order valence-corrected chi connectivity index (χ3v) is 5.85. The fourth-order valence-corrected chi connectivity index (χ4v) is 3.61. The van der Waals surface area contributed by atoms with Gasteiger partial charge in [-0.2, -0.15) is 0 Å². The molecule has 0 spiro atoms. The number of carbonyl (C=O) groups is 1. The smallest absolute Gasteiger partial charge is 0.251 e. The molecule has 2 rings (SSSR count). The zero-order chi connectivity index (χ0) is 18.4. The van der Waals surface area contributed by atoms with Gasteiger partial charge in [0.25, 0.3) is 5.91 Å².